The van der Waals surface area contributed by atoms with Crippen molar-refractivity contribution in [3.05, 3.63) is 29.8 Å². The predicted octanol–water partition coefficient (Wildman–Crippen LogP) is 3.55. The molecule has 0 bridgehead atoms. The second-order valence-corrected chi connectivity index (χ2v) is 6.66. The van der Waals surface area contributed by atoms with Gasteiger partial charge >= 0.3 is 0 Å². The van der Waals surface area contributed by atoms with Gasteiger partial charge in [0.2, 0.25) is 5.91 Å². The summed E-state index contributed by atoms with van der Waals surface area (Å²) < 4.78 is 0. The topological polar surface area (TPSA) is 58.4 Å². The lowest BCUT2D eigenvalue weighted by atomic mass is 9.96. The van der Waals surface area contributed by atoms with Gasteiger partial charge in [-0.05, 0) is 57.0 Å². The van der Waals surface area contributed by atoms with Gasteiger partial charge in [0.05, 0.1) is 5.54 Å². The van der Waals surface area contributed by atoms with E-state index in [2.05, 4.69) is 22.3 Å². The minimum absolute atomic E-state index is 0. The van der Waals surface area contributed by atoms with Crippen LogP contribution in [0.15, 0.2) is 24.3 Å². The van der Waals surface area contributed by atoms with E-state index in [4.69, 9.17) is 5.73 Å². The molecule has 0 spiro atoms. The molecule has 2 rings (SSSR count). The van der Waals surface area contributed by atoms with Crippen LogP contribution in [-0.2, 0) is 11.3 Å². The highest BCUT2D eigenvalue weighted by Crippen LogP contribution is 2.18. The molecule has 1 aromatic carbocycles. The summed E-state index contributed by atoms with van der Waals surface area (Å²) in [6.07, 6.45) is 5.51. The fourth-order valence-corrected chi connectivity index (χ4v) is 3.03. The first-order chi connectivity index (χ1) is 10.5. The first-order valence-corrected chi connectivity index (χ1v) is 8.43. The Morgan fingerprint density at radius 1 is 1.30 bits per heavy atom. The van der Waals surface area contributed by atoms with Gasteiger partial charge < -0.3 is 11.1 Å². The smallest absolute Gasteiger partial charge is 0.244 e. The minimum atomic E-state index is -0.808. The number of rotatable bonds is 6. The molecule has 130 valence electrons. The Labute approximate surface area is 146 Å². The van der Waals surface area contributed by atoms with Crippen LogP contribution in [0.5, 0.6) is 0 Å². The van der Waals surface area contributed by atoms with Crippen molar-refractivity contribution in [3.8, 4) is 0 Å². The van der Waals surface area contributed by atoms with E-state index in [9.17, 15) is 4.79 Å². The van der Waals surface area contributed by atoms with Crippen molar-refractivity contribution in [1.29, 1.82) is 0 Å². The monoisotopic (exact) mass is 339 g/mol. The predicted molar refractivity (Wildman–Crippen MR) is 98.9 cm³/mol. The molecule has 1 saturated heterocycles. The molecular formula is C18H30ClN3O. The van der Waals surface area contributed by atoms with Crippen LogP contribution in [-0.4, -0.2) is 29.4 Å². The third kappa shape index (κ3) is 6.13. The Bertz CT molecular complexity index is 499. The van der Waals surface area contributed by atoms with Gasteiger partial charge in [0, 0.05) is 12.2 Å². The van der Waals surface area contributed by atoms with Crippen LogP contribution in [0.4, 0.5) is 5.69 Å². The van der Waals surface area contributed by atoms with Crippen molar-refractivity contribution in [2.24, 2.45) is 5.73 Å². The van der Waals surface area contributed by atoms with Crippen molar-refractivity contribution < 1.29 is 4.79 Å². The molecule has 0 aliphatic carbocycles. The number of carbonyl (C=O) groups is 1. The van der Waals surface area contributed by atoms with Crippen LogP contribution in [0, 0.1) is 0 Å². The standard InChI is InChI=1S/C18H29N3O.ClH/c1-3-10-18(2,19)17(22)20-16-9-7-8-15(13-16)14-21-11-5-4-6-12-21;/h7-9,13H,3-6,10-12,14,19H2,1-2H3,(H,20,22);1H. The molecule has 1 fully saturated rings. The highest BCUT2D eigenvalue weighted by atomic mass is 35.5. The first-order valence-electron chi connectivity index (χ1n) is 8.43. The molecule has 0 aromatic heterocycles. The second-order valence-electron chi connectivity index (χ2n) is 6.66. The third-order valence-corrected chi connectivity index (χ3v) is 4.33. The molecule has 5 heteroatoms. The first kappa shape index (κ1) is 19.9. The van der Waals surface area contributed by atoms with Crippen LogP contribution >= 0.6 is 12.4 Å². The van der Waals surface area contributed by atoms with Gasteiger partial charge in [-0.25, -0.2) is 0 Å². The lowest BCUT2D eigenvalue weighted by Gasteiger charge is -2.27. The van der Waals surface area contributed by atoms with Gasteiger partial charge in [-0.1, -0.05) is 31.9 Å². The maximum absolute atomic E-state index is 12.3. The number of amides is 1. The summed E-state index contributed by atoms with van der Waals surface area (Å²) >= 11 is 0. The van der Waals surface area contributed by atoms with Gasteiger partial charge in [0.25, 0.3) is 0 Å². The van der Waals surface area contributed by atoms with Gasteiger partial charge in [-0.3, -0.25) is 9.69 Å². The van der Waals surface area contributed by atoms with Crippen LogP contribution in [0.1, 0.15) is 51.5 Å². The summed E-state index contributed by atoms with van der Waals surface area (Å²) in [6, 6.07) is 8.12. The largest absolute Gasteiger partial charge is 0.324 e. The number of anilines is 1. The molecule has 4 nitrogen and oxygen atoms in total. The quantitative estimate of drug-likeness (QED) is 0.833. The van der Waals surface area contributed by atoms with Crippen molar-refractivity contribution in [1.82, 2.24) is 4.90 Å². The Balaban J connectivity index is 0.00000264. The molecule has 1 aliphatic heterocycles. The Hall–Kier alpha value is -1.10. The van der Waals surface area contributed by atoms with Crippen molar-refractivity contribution in [2.75, 3.05) is 18.4 Å². The zero-order valence-corrected chi connectivity index (χ0v) is 15.1. The second kappa shape index (κ2) is 9.26. The molecule has 1 heterocycles. The average molecular weight is 340 g/mol. The fraction of sp³-hybridized carbons (Fsp3) is 0.611. The normalized spacial score (nSPS) is 17.9. The number of nitrogens with two attached hydrogens (primary N) is 1. The Kier molecular flexibility index (Phi) is 8.03. The zero-order valence-electron chi connectivity index (χ0n) is 14.3. The third-order valence-electron chi connectivity index (χ3n) is 4.33. The fourth-order valence-electron chi connectivity index (χ4n) is 3.03. The van der Waals surface area contributed by atoms with Gasteiger partial charge in [-0.15, -0.1) is 12.4 Å². The molecular weight excluding hydrogens is 310 g/mol. The lowest BCUT2D eigenvalue weighted by molar-refractivity contribution is -0.120. The number of hydrogen-bond acceptors (Lipinski definition) is 3. The van der Waals surface area contributed by atoms with Crippen molar-refractivity contribution in [2.45, 2.75) is 58.0 Å². The van der Waals surface area contributed by atoms with E-state index in [1.54, 1.807) is 6.92 Å². The SMILES string of the molecule is CCCC(C)(N)C(=O)Nc1cccc(CN2CCCCC2)c1.Cl. The maximum Gasteiger partial charge on any atom is 0.244 e. The van der Waals surface area contributed by atoms with Crippen LogP contribution in [0.25, 0.3) is 0 Å². The molecule has 1 atom stereocenters. The Morgan fingerprint density at radius 2 is 2.00 bits per heavy atom. The highest BCUT2D eigenvalue weighted by molar-refractivity contribution is 5.97. The molecule has 3 N–H and O–H groups in total. The highest BCUT2D eigenvalue weighted by Gasteiger charge is 2.27. The number of nitrogens with zero attached hydrogens (tertiary/aromatic N) is 1. The van der Waals surface area contributed by atoms with Crippen LogP contribution in [0.2, 0.25) is 0 Å². The minimum Gasteiger partial charge on any atom is -0.324 e. The number of halogens is 1. The van der Waals surface area contributed by atoms with E-state index in [0.717, 1.165) is 18.7 Å². The van der Waals surface area contributed by atoms with E-state index >= 15 is 0 Å². The van der Waals surface area contributed by atoms with Crippen LogP contribution in [0.3, 0.4) is 0 Å². The molecule has 0 saturated carbocycles. The van der Waals surface area contributed by atoms with E-state index in [1.807, 2.05) is 19.1 Å². The molecule has 1 aliphatic rings. The summed E-state index contributed by atoms with van der Waals surface area (Å²) in [5.41, 5.74) is 7.36. The van der Waals surface area contributed by atoms with Gasteiger partial charge in [0.1, 0.15) is 0 Å². The summed E-state index contributed by atoms with van der Waals surface area (Å²) in [5, 5.41) is 2.96. The van der Waals surface area contributed by atoms with Gasteiger partial charge in [-0.2, -0.15) is 0 Å². The lowest BCUT2D eigenvalue weighted by Crippen LogP contribution is -2.48. The van der Waals surface area contributed by atoms with Crippen molar-refractivity contribution in [3.63, 3.8) is 0 Å². The molecule has 23 heavy (non-hydrogen) atoms. The summed E-state index contributed by atoms with van der Waals surface area (Å²) in [5.74, 6) is -0.107. The molecule has 1 unspecified atom stereocenters. The van der Waals surface area contributed by atoms with E-state index in [-0.39, 0.29) is 18.3 Å². The number of piperidine rings is 1. The van der Waals surface area contributed by atoms with E-state index in [1.165, 1.54) is 37.9 Å². The number of carbonyl (C=O) groups excluding carboxylic acids is 1. The number of benzene rings is 1. The van der Waals surface area contributed by atoms with Crippen LogP contribution < -0.4 is 11.1 Å². The summed E-state index contributed by atoms with van der Waals surface area (Å²) in [6.45, 7) is 7.14. The number of nitrogens with one attached hydrogen (secondary N) is 1. The number of hydrogen-bond donors (Lipinski definition) is 2. The zero-order chi connectivity index (χ0) is 16.0. The molecule has 1 aromatic rings. The molecule has 1 amide bonds. The van der Waals surface area contributed by atoms with E-state index in [0.29, 0.717) is 6.42 Å². The van der Waals surface area contributed by atoms with E-state index < -0.39 is 5.54 Å². The molecule has 0 radical (unpaired) electrons. The Morgan fingerprint density at radius 3 is 2.65 bits per heavy atom. The maximum atomic E-state index is 12.3. The summed E-state index contributed by atoms with van der Waals surface area (Å²) in [7, 11) is 0. The number of likely N-dealkylation sites (tertiary alicyclic amines) is 1. The van der Waals surface area contributed by atoms with Gasteiger partial charge in [0.15, 0.2) is 0 Å². The van der Waals surface area contributed by atoms with Crippen molar-refractivity contribution >= 4 is 24.0 Å². The summed E-state index contributed by atoms with van der Waals surface area (Å²) in [4.78, 5) is 14.8. The average Bonchev–Trinajstić information content (AvgIpc) is 2.48.